The fourth-order valence-electron chi connectivity index (χ4n) is 4.30. The molecule has 1 N–H and O–H groups in total. The average Bonchev–Trinajstić information content (AvgIpc) is 2.95. The number of hydrogen-bond donors (Lipinski definition) is 1. The van der Waals surface area contributed by atoms with E-state index in [2.05, 4.69) is 42.3 Å². The summed E-state index contributed by atoms with van der Waals surface area (Å²) in [5.74, 6) is 0. The lowest BCUT2D eigenvalue weighted by Crippen LogP contribution is -2.39. The summed E-state index contributed by atoms with van der Waals surface area (Å²) in [6.07, 6.45) is 8.73. The Balaban J connectivity index is 1.64. The topological polar surface area (TPSA) is 15.3 Å². The van der Waals surface area contributed by atoms with Crippen LogP contribution in [-0.2, 0) is 6.54 Å². The van der Waals surface area contributed by atoms with Crippen LogP contribution in [0.25, 0.3) is 0 Å². The monoisotopic (exact) mass is 286 g/mol. The Morgan fingerprint density at radius 1 is 1.10 bits per heavy atom. The van der Waals surface area contributed by atoms with E-state index in [1.54, 1.807) is 0 Å². The van der Waals surface area contributed by atoms with Gasteiger partial charge >= 0.3 is 0 Å². The lowest BCUT2D eigenvalue weighted by molar-refractivity contribution is 0.226. The fourth-order valence-corrected chi connectivity index (χ4v) is 4.30. The largest absolute Gasteiger partial charge is 0.371 e. The maximum absolute atomic E-state index is 3.41. The summed E-state index contributed by atoms with van der Waals surface area (Å²) in [7, 11) is 0. The van der Waals surface area contributed by atoms with Crippen molar-refractivity contribution in [1.82, 2.24) is 5.32 Å². The molecule has 1 saturated heterocycles. The summed E-state index contributed by atoms with van der Waals surface area (Å²) in [6.45, 7) is 8.97. The van der Waals surface area contributed by atoms with Crippen molar-refractivity contribution in [3.05, 3.63) is 29.3 Å². The molecule has 2 heteroatoms. The third-order valence-corrected chi connectivity index (χ3v) is 5.67. The molecule has 1 aliphatic heterocycles. The van der Waals surface area contributed by atoms with Gasteiger partial charge in [0.15, 0.2) is 0 Å². The molecule has 0 aromatic heterocycles. The standard InChI is InChI=1S/C19H30N2/c1-3-20-15-17-6-7-18(16(2)14-17)21-12-10-19(11-13-21)8-4-5-9-19/h6-7,14,20H,3-5,8-13,15H2,1-2H3. The number of aryl methyl sites for hydroxylation is 1. The van der Waals surface area contributed by atoms with Gasteiger partial charge in [0.05, 0.1) is 0 Å². The smallest absolute Gasteiger partial charge is 0.0396 e. The van der Waals surface area contributed by atoms with Crippen molar-refractivity contribution in [2.45, 2.75) is 58.9 Å². The van der Waals surface area contributed by atoms with Crippen molar-refractivity contribution in [3.8, 4) is 0 Å². The highest BCUT2D eigenvalue weighted by molar-refractivity contribution is 5.54. The highest BCUT2D eigenvalue weighted by atomic mass is 15.1. The zero-order chi connectivity index (χ0) is 14.7. The molecule has 1 saturated carbocycles. The molecule has 2 nitrogen and oxygen atoms in total. The predicted molar refractivity (Wildman–Crippen MR) is 90.9 cm³/mol. The minimum absolute atomic E-state index is 0.718. The van der Waals surface area contributed by atoms with Gasteiger partial charge in [0.25, 0.3) is 0 Å². The van der Waals surface area contributed by atoms with E-state index < -0.39 is 0 Å². The first-order chi connectivity index (χ1) is 10.2. The maximum atomic E-state index is 3.41. The van der Waals surface area contributed by atoms with Gasteiger partial charge in [-0.2, -0.15) is 0 Å². The molecule has 21 heavy (non-hydrogen) atoms. The van der Waals surface area contributed by atoms with Crippen molar-refractivity contribution in [3.63, 3.8) is 0 Å². The molecule has 1 aromatic carbocycles. The van der Waals surface area contributed by atoms with Gasteiger partial charge in [0.2, 0.25) is 0 Å². The van der Waals surface area contributed by atoms with Crippen molar-refractivity contribution < 1.29 is 0 Å². The molecule has 0 atom stereocenters. The number of nitrogens with zero attached hydrogens (tertiary/aromatic N) is 1. The summed E-state index contributed by atoms with van der Waals surface area (Å²) in [5, 5.41) is 3.41. The summed E-state index contributed by atoms with van der Waals surface area (Å²) in [5.41, 5.74) is 5.02. The third-order valence-electron chi connectivity index (χ3n) is 5.67. The zero-order valence-electron chi connectivity index (χ0n) is 13.8. The summed E-state index contributed by atoms with van der Waals surface area (Å²) in [4.78, 5) is 2.62. The van der Waals surface area contributed by atoms with E-state index in [0.29, 0.717) is 0 Å². The number of rotatable bonds is 4. The molecule has 1 aromatic rings. The first-order valence-electron chi connectivity index (χ1n) is 8.78. The van der Waals surface area contributed by atoms with E-state index in [4.69, 9.17) is 0 Å². The first kappa shape index (κ1) is 14.9. The van der Waals surface area contributed by atoms with Gasteiger partial charge in [0.1, 0.15) is 0 Å². The molecule has 0 unspecified atom stereocenters. The Kier molecular flexibility index (Phi) is 4.54. The van der Waals surface area contributed by atoms with Crippen molar-refractivity contribution in [2.24, 2.45) is 5.41 Å². The van der Waals surface area contributed by atoms with Crippen LogP contribution in [0.2, 0.25) is 0 Å². The van der Waals surface area contributed by atoms with E-state index in [9.17, 15) is 0 Å². The van der Waals surface area contributed by atoms with E-state index in [1.165, 1.54) is 68.4 Å². The van der Waals surface area contributed by atoms with Gasteiger partial charge in [-0.05, 0) is 61.8 Å². The van der Waals surface area contributed by atoms with Crippen LogP contribution in [0, 0.1) is 12.3 Å². The van der Waals surface area contributed by atoms with Gasteiger partial charge in [0, 0.05) is 25.3 Å². The van der Waals surface area contributed by atoms with Crippen LogP contribution >= 0.6 is 0 Å². The summed E-state index contributed by atoms with van der Waals surface area (Å²) < 4.78 is 0. The summed E-state index contributed by atoms with van der Waals surface area (Å²) in [6, 6.07) is 7.00. The van der Waals surface area contributed by atoms with Gasteiger partial charge in [-0.3, -0.25) is 0 Å². The van der Waals surface area contributed by atoms with Crippen molar-refractivity contribution in [1.29, 1.82) is 0 Å². The number of benzene rings is 1. The molecular weight excluding hydrogens is 256 g/mol. The quantitative estimate of drug-likeness (QED) is 0.889. The molecule has 1 aliphatic carbocycles. The Morgan fingerprint density at radius 3 is 2.43 bits per heavy atom. The van der Waals surface area contributed by atoms with Crippen LogP contribution in [0.3, 0.4) is 0 Å². The molecule has 3 rings (SSSR count). The van der Waals surface area contributed by atoms with Crippen molar-refractivity contribution in [2.75, 3.05) is 24.5 Å². The number of hydrogen-bond acceptors (Lipinski definition) is 2. The van der Waals surface area contributed by atoms with Crippen LogP contribution in [0.15, 0.2) is 18.2 Å². The minimum Gasteiger partial charge on any atom is -0.371 e. The molecule has 116 valence electrons. The first-order valence-corrected chi connectivity index (χ1v) is 8.78. The molecule has 2 aliphatic rings. The van der Waals surface area contributed by atoms with E-state index >= 15 is 0 Å². The second-order valence-corrected chi connectivity index (χ2v) is 7.10. The Labute approximate surface area is 129 Å². The Morgan fingerprint density at radius 2 is 1.81 bits per heavy atom. The van der Waals surface area contributed by atoms with E-state index in [0.717, 1.165) is 18.5 Å². The van der Waals surface area contributed by atoms with Gasteiger partial charge < -0.3 is 10.2 Å². The highest BCUT2D eigenvalue weighted by Crippen LogP contribution is 2.46. The Hall–Kier alpha value is -1.02. The number of anilines is 1. The molecule has 0 bridgehead atoms. The summed E-state index contributed by atoms with van der Waals surface area (Å²) >= 11 is 0. The van der Waals surface area contributed by atoms with Crippen LogP contribution in [0.5, 0.6) is 0 Å². The predicted octanol–water partition coefficient (Wildman–Crippen LogP) is 4.27. The lowest BCUT2D eigenvalue weighted by atomic mass is 9.77. The Bertz CT molecular complexity index is 464. The van der Waals surface area contributed by atoms with Crippen molar-refractivity contribution >= 4 is 5.69 Å². The normalized spacial score (nSPS) is 21.1. The molecule has 2 fully saturated rings. The van der Waals surface area contributed by atoms with Crippen LogP contribution in [0.1, 0.15) is 56.6 Å². The molecular formula is C19H30N2. The highest BCUT2D eigenvalue weighted by Gasteiger charge is 2.37. The average molecular weight is 286 g/mol. The second-order valence-electron chi connectivity index (χ2n) is 7.10. The zero-order valence-corrected chi connectivity index (χ0v) is 13.8. The number of nitrogens with one attached hydrogen (secondary N) is 1. The molecule has 0 radical (unpaired) electrons. The number of piperidine rings is 1. The van der Waals surface area contributed by atoms with Crippen LogP contribution < -0.4 is 10.2 Å². The SMILES string of the molecule is CCNCc1ccc(N2CCC3(CCCC3)CC2)c(C)c1. The lowest BCUT2D eigenvalue weighted by Gasteiger charge is -2.41. The van der Waals surface area contributed by atoms with Gasteiger partial charge in [-0.15, -0.1) is 0 Å². The van der Waals surface area contributed by atoms with E-state index in [-0.39, 0.29) is 0 Å². The molecule has 0 amide bonds. The van der Waals surface area contributed by atoms with Gasteiger partial charge in [-0.25, -0.2) is 0 Å². The van der Waals surface area contributed by atoms with Crippen LogP contribution in [0.4, 0.5) is 5.69 Å². The molecule has 1 heterocycles. The van der Waals surface area contributed by atoms with Gasteiger partial charge in [-0.1, -0.05) is 31.9 Å². The maximum Gasteiger partial charge on any atom is 0.0396 e. The molecule has 1 spiro atoms. The van der Waals surface area contributed by atoms with E-state index in [1.807, 2.05) is 0 Å². The second kappa shape index (κ2) is 6.39. The minimum atomic E-state index is 0.718. The third kappa shape index (κ3) is 3.26. The fraction of sp³-hybridized carbons (Fsp3) is 0.684. The van der Waals surface area contributed by atoms with Crippen LogP contribution in [-0.4, -0.2) is 19.6 Å².